The van der Waals surface area contributed by atoms with Gasteiger partial charge in [0, 0.05) is 6.54 Å². The van der Waals surface area contributed by atoms with E-state index in [0.717, 1.165) is 19.4 Å². The zero-order chi connectivity index (χ0) is 12.3. The summed E-state index contributed by atoms with van der Waals surface area (Å²) in [6.45, 7) is 6.51. The molecule has 0 aromatic rings. The lowest BCUT2D eigenvalue weighted by molar-refractivity contribution is -0.0135. The molecule has 94 valence electrons. The Labute approximate surface area is 98.5 Å². The van der Waals surface area contributed by atoms with Crippen LogP contribution in [-0.4, -0.2) is 48.3 Å². The van der Waals surface area contributed by atoms with Crippen LogP contribution in [0.1, 0.15) is 40.0 Å². The quantitative estimate of drug-likeness (QED) is 0.690. The van der Waals surface area contributed by atoms with Crippen LogP contribution in [0.3, 0.4) is 0 Å². The van der Waals surface area contributed by atoms with Gasteiger partial charge in [-0.3, -0.25) is 9.80 Å². The van der Waals surface area contributed by atoms with Gasteiger partial charge >= 0.3 is 6.09 Å². The molecule has 1 rings (SSSR count). The molecule has 1 unspecified atom stereocenters. The number of piperidine rings is 1. The molecule has 1 atom stereocenters. The first-order valence-electron chi connectivity index (χ1n) is 5.97. The first-order chi connectivity index (χ1) is 7.31. The molecule has 0 N–H and O–H groups in total. The summed E-state index contributed by atoms with van der Waals surface area (Å²) in [5.74, 6) is 0. The average molecular weight is 228 g/mol. The Morgan fingerprint density at radius 3 is 2.44 bits per heavy atom. The van der Waals surface area contributed by atoms with Gasteiger partial charge < -0.3 is 4.74 Å². The van der Waals surface area contributed by atoms with Crippen molar-refractivity contribution in [2.75, 3.05) is 20.6 Å². The first kappa shape index (κ1) is 13.3. The van der Waals surface area contributed by atoms with E-state index in [0.29, 0.717) is 0 Å². The lowest BCUT2D eigenvalue weighted by Gasteiger charge is -2.39. The van der Waals surface area contributed by atoms with E-state index in [1.807, 2.05) is 39.8 Å². The molecule has 0 aliphatic carbocycles. The Hall–Kier alpha value is -0.770. The standard InChI is InChI=1S/C12H24N2O2/c1-12(2,3)16-11(15)14-9-7-6-8-10(14)13(4)5/h10H,6-9H2,1-5H3. The highest BCUT2D eigenvalue weighted by Crippen LogP contribution is 2.21. The number of likely N-dealkylation sites (tertiary alicyclic amines) is 1. The van der Waals surface area contributed by atoms with Gasteiger partial charge in [0.15, 0.2) is 0 Å². The van der Waals surface area contributed by atoms with Crippen LogP contribution in [0.2, 0.25) is 0 Å². The van der Waals surface area contributed by atoms with Crippen LogP contribution in [0.25, 0.3) is 0 Å². The molecule has 0 aromatic carbocycles. The van der Waals surface area contributed by atoms with Crippen LogP contribution in [-0.2, 0) is 4.74 Å². The number of carbonyl (C=O) groups excluding carboxylic acids is 1. The Bertz CT molecular complexity index is 246. The number of hydrogen-bond donors (Lipinski definition) is 0. The van der Waals surface area contributed by atoms with Crippen LogP contribution in [0.5, 0.6) is 0 Å². The number of hydrogen-bond acceptors (Lipinski definition) is 3. The predicted octanol–water partition coefficient (Wildman–Crippen LogP) is 2.30. The molecule has 0 radical (unpaired) electrons. The fraction of sp³-hybridized carbons (Fsp3) is 0.917. The molecule has 1 aliphatic heterocycles. The van der Waals surface area contributed by atoms with E-state index >= 15 is 0 Å². The molecular weight excluding hydrogens is 204 g/mol. The summed E-state index contributed by atoms with van der Waals surface area (Å²) in [4.78, 5) is 15.9. The fourth-order valence-corrected chi connectivity index (χ4v) is 1.98. The normalized spacial score (nSPS) is 22.4. The number of rotatable bonds is 1. The van der Waals surface area contributed by atoms with Gasteiger partial charge in [0.25, 0.3) is 0 Å². The van der Waals surface area contributed by atoms with Crippen LogP contribution in [0, 0.1) is 0 Å². The van der Waals surface area contributed by atoms with E-state index in [1.54, 1.807) is 0 Å². The van der Waals surface area contributed by atoms with E-state index in [2.05, 4.69) is 4.90 Å². The zero-order valence-electron chi connectivity index (χ0n) is 11.1. The topological polar surface area (TPSA) is 32.8 Å². The number of amides is 1. The summed E-state index contributed by atoms with van der Waals surface area (Å²) in [6, 6.07) is 0. The van der Waals surface area contributed by atoms with E-state index in [-0.39, 0.29) is 12.3 Å². The maximum Gasteiger partial charge on any atom is 0.411 e. The van der Waals surface area contributed by atoms with Crippen molar-refractivity contribution in [3.05, 3.63) is 0 Å². The van der Waals surface area contributed by atoms with Gasteiger partial charge in [0.2, 0.25) is 0 Å². The maximum absolute atomic E-state index is 12.0. The minimum absolute atomic E-state index is 0.184. The predicted molar refractivity (Wildman–Crippen MR) is 64.3 cm³/mol. The lowest BCUT2D eigenvalue weighted by Crippen LogP contribution is -2.52. The Morgan fingerprint density at radius 2 is 1.94 bits per heavy atom. The van der Waals surface area contributed by atoms with Crippen molar-refractivity contribution in [1.82, 2.24) is 9.80 Å². The molecule has 16 heavy (non-hydrogen) atoms. The summed E-state index contributed by atoms with van der Waals surface area (Å²) in [5.41, 5.74) is -0.411. The summed E-state index contributed by atoms with van der Waals surface area (Å²) in [6.07, 6.45) is 3.28. The summed E-state index contributed by atoms with van der Waals surface area (Å²) < 4.78 is 5.42. The minimum atomic E-state index is -0.411. The fourth-order valence-electron chi connectivity index (χ4n) is 1.98. The van der Waals surface area contributed by atoms with Gasteiger partial charge in [-0.25, -0.2) is 4.79 Å². The van der Waals surface area contributed by atoms with Crippen molar-refractivity contribution < 1.29 is 9.53 Å². The van der Waals surface area contributed by atoms with Crippen LogP contribution >= 0.6 is 0 Å². The van der Waals surface area contributed by atoms with E-state index < -0.39 is 5.60 Å². The highest BCUT2D eigenvalue weighted by molar-refractivity contribution is 5.68. The zero-order valence-corrected chi connectivity index (χ0v) is 11.1. The highest BCUT2D eigenvalue weighted by atomic mass is 16.6. The highest BCUT2D eigenvalue weighted by Gasteiger charge is 2.31. The molecule has 0 aromatic heterocycles. The molecule has 4 nitrogen and oxygen atoms in total. The largest absolute Gasteiger partial charge is 0.444 e. The van der Waals surface area contributed by atoms with Gasteiger partial charge in [0.1, 0.15) is 5.60 Å². The first-order valence-corrected chi connectivity index (χ1v) is 5.97. The van der Waals surface area contributed by atoms with Crippen LogP contribution < -0.4 is 0 Å². The van der Waals surface area contributed by atoms with Crippen LogP contribution in [0.4, 0.5) is 4.79 Å². The van der Waals surface area contributed by atoms with Crippen molar-refractivity contribution in [2.24, 2.45) is 0 Å². The third kappa shape index (κ3) is 3.67. The summed E-state index contributed by atoms with van der Waals surface area (Å²) in [5, 5.41) is 0. The van der Waals surface area contributed by atoms with Crippen molar-refractivity contribution in [1.29, 1.82) is 0 Å². The van der Waals surface area contributed by atoms with Crippen LogP contribution in [0.15, 0.2) is 0 Å². The molecule has 0 bridgehead atoms. The lowest BCUT2D eigenvalue weighted by atomic mass is 10.1. The molecule has 1 amide bonds. The van der Waals surface area contributed by atoms with Gasteiger partial charge in [-0.2, -0.15) is 0 Å². The van der Waals surface area contributed by atoms with Crippen molar-refractivity contribution in [2.45, 2.75) is 51.8 Å². The average Bonchev–Trinajstić information content (AvgIpc) is 2.15. The Morgan fingerprint density at radius 1 is 1.31 bits per heavy atom. The van der Waals surface area contributed by atoms with E-state index in [1.165, 1.54) is 6.42 Å². The second-order valence-corrected chi connectivity index (χ2v) is 5.61. The molecule has 4 heteroatoms. The molecule has 1 heterocycles. The van der Waals surface area contributed by atoms with E-state index in [4.69, 9.17) is 4.74 Å². The third-order valence-corrected chi connectivity index (χ3v) is 2.70. The number of nitrogens with zero attached hydrogens (tertiary/aromatic N) is 2. The van der Waals surface area contributed by atoms with Gasteiger partial charge in [-0.1, -0.05) is 0 Å². The number of ether oxygens (including phenoxy) is 1. The van der Waals surface area contributed by atoms with Gasteiger partial charge in [-0.15, -0.1) is 0 Å². The third-order valence-electron chi connectivity index (χ3n) is 2.70. The smallest absolute Gasteiger partial charge is 0.411 e. The number of carbonyl (C=O) groups is 1. The molecule has 1 saturated heterocycles. The molecule has 1 aliphatic rings. The molecular formula is C12H24N2O2. The van der Waals surface area contributed by atoms with Crippen molar-refractivity contribution >= 4 is 6.09 Å². The molecule has 0 saturated carbocycles. The summed E-state index contributed by atoms with van der Waals surface area (Å²) in [7, 11) is 4.01. The minimum Gasteiger partial charge on any atom is -0.444 e. The van der Waals surface area contributed by atoms with Gasteiger partial charge in [0.05, 0.1) is 6.17 Å². The van der Waals surface area contributed by atoms with E-state index in [9.17, 15) is 4.79 Å². The maximum atomic E-state index is 12.0. The molecule has 1 fully saturated rings. The monoisotopic (exact) mass is 228 g/mol. The second kappa shape index (κ2) is 5.04. The van der Waals surface area contributed by atoms with Crippen molar-refractivity contribution in [3.63, 3.8) is 0 Å². The second-order valence-electron chi connectivity index (χ2n) is 5.61. The SMILES string of the molecule is CN(C)C1CCCCN1C(=O)OC(C)(C)C. The molecule has 0 spiro atoms. The Kier molecular flexibility index (Phi) is 4.19. The summed E-state index contributed by atoms with van der Waals surface area (Å²) >= 11 is 0. The van der Waals surface area contributed by atoms with Crippen molar-refractivity contribution in [3.8, 4) is 0 Å². The van der Waals surface area contributed by atoms with Gasteiger partial charge in [-0.05, 0) is 54.1 Å². The Balaban J connectivity index is 2.64.